The van der Waals surface area contributed by atoms with Crippen LogP contribution in [0.2, 0.25) is 0 Å². The Hall–Kier alpha value is -0.820. The molecule has 0 heterocycles. The van der Waals surface area contributed by atoms with Crippen LogP contribution in [0.5, 0.6) is 0 Å². The molecule has 0 aromatic carbocycles. The van der Waals surface area contributed by atoms with Crippen LogP contribution in [0.3, 0.4) is 0 Å². The van der Waals surface area contributed by atoms with Gasteiger partial charge in [0, 0.05) is 0 Å². The summed E-state index contributed by atoms with van der Waals surface area (Å²) in [7, 11) is 0. The minimum Gasteiger partial charge on any atom is -0.330 e. The summed E-state index contributed by atoms with van der Waals surface area (Å²) in [5.74, 6) is 0.643. The van der Waals surface area contributed by atoms with Crippen molar-refractivity contribution in [1.82, 2.24) is 0 Å². The van der Waals surface area contributed by atoms with Crippen LogP contribution in [0, 0.1) is 11.3 Å². The minimum absolute atomic E-state index is 0.357. The quantitative estimate of drug-likeness (QED) is 0.591. The molecule has 1 heteroatoms. The smallest absolute Gasteiger partial charge is 0.00401 e. The molecule has 0 saturated heterocycles. The van der Waals surface area contributed by atoms with E-state index in [2.05, 4.69) is 52.8 Å². The first-order valence-corrected chi connectivity index (χ1v) is 8.61. The maximum absolute atomic E-state index is 5.57. The zero-order valence-corrected chi connectivity index (χ0v) is 14.8. The van der Waals surface area contributed by atoms with Gasteiger partial charge in [-0.15, -0.1) is 0 Å². The van der Waals surface area contributed by atoms with Gasteiger partial charge in [-0.05, 0) is 75.8 Å². The summed E-state index contributed by atoms with van der Waals surface area (Å²) in [5, 5.41) is 0. The maximum atomic E-state index is 5.57. The van der Waals surface area contributed by atoms with Gasteiger partial charge in [-0.1, -0.05) is 50.1 Å². The predicted octanol–water partition coefficient (Wildman–Crippen LogP) is 5.78. The highest BCUT2D eigenvalue weighted by Crippen LogP contribution is 2.40. The molecule has 0 fully saturated rings. The Morgan fingerprint density at radius 2 is 2.10 bits per heavy atom. The average molecular weight is 290 g/mol. The lowest BCUT2D eigenvalue weighted by Gasteiger charge is -2.33. The van der Waals surface area contributed by atoms with Crippen LogP contribution in [-0.4, -0.2) is 6.54 Å². The van der Waals surface area contributed by atoms with E-state index in [1.54, 1.807) is 11.1 Å². The normalized spacial score (nSPS) is 21.1. The Labute approximate surface area is 132 Å². The zero-order chi connectivity index (χ0) is 15.9. The Morgan fingerprint density at radius 1 is 1.38 bits per heavy atom. The van der Waals surface area contributed by atoms with Crippen molar-refractivity contribution in [1.29, 1.82) is 0 Å². The van der Waals surface area contributed by atoms with Gasteiger partial charge in [0.15, 0.2) is 0 Å². The topological polar surface area (TPSA) is 26.0 Å². The summed E-state index contributed by atoms with van der Waals surface area (Å²) >= 11 is 0. The summed E-state index contributed by atoms with van der Waals surface area (Å²) < 4.78 is 0. The molecule has 0 saturated carbocycles. The molecule has 0 bridgehead atoms. The molecule has 120 valence electrons. The Kier molecular flexibility index (Phi) is 7.45. The summed E-state index contributed by atoms with van der Waals surface area (Å²) in [4.78, 5) is 0. The molecule has 2 N–H and O–H groups in total. The lowest BCUT2D eigenvalue weighted by molar-refractivity contribution is 0.376. The van der Waals surface area contributed by atoms with Gasteiger partial charge in [0.25, 0.3) is 0 Å². The number of hydrogen-bond acceptors (Lipinski definition) is 1. The second-order valence-electron chi connectivity index (χ2n) is 7.43. The average Bonchev–Trinajstić information content (AvgIpc) is 2.37. The van der Waals surface area contributed by atoms with Gasteiger partial charge in [-0.25, -0.2) is 0 Å². The molecule has 0 radical (unpaired) electrons. The van der Waals surface area contributed by atoms with E-state index < -0.39 is 0 Å². The van der Waals surface area contributed by atoms with Crippen LogP contribution in [-0.2, 0) is 0 Å². The van der Waals surface area contributed by atoms with Crippen molar-refractivity contribution in [2.45, 2.75) is 73.1 Å². The lowest BCUT2D eigenvalue weighted by Crippen LogP contribution is -2.19. The monoisotopic (exact) mass is 289 g/mol. The van der Waals surface area contributed by atoms with E-state index in [9.17, 15) is 0 Å². The molecular weight excluding hydrogens is 254 g/mol. The molecule has 1 aliphatic rings. The van der Waals surface area contributed by atoms with E-state index in [-0.39, 0.29) is 0 Å². The molecule has 1 nitrogen and oxygen atoms in total. The van der Waals surface area contributed by atoms with Crippen molar-refractivity contribution < 1.29 is 0 Å². The fraction of sp³-hybridized carbons (Fsp3) is 0.700. The van der Waals surface area contributed by atoms with Crippen LogP contribution >= 0.6 is 0 Å². The number of nitrogens with two attached hydrogens (primary N) is 1. The molecule has 0 aromatic heterocycles. The third-order valence-corrected chi connectivity index (χ3v) is 4.79. The predicted molar refractivity (Wildman–Crippen MR) is 95.3 cm³/mol. The Morgan fingerprint density at radius 3 is 2.71 bits per heavy atom. The highest BCUT2D eigenvalue weighted by molar-refractivity contribution is 5.32. The highest BCUT2D eigenvalue weighted by Gasteiger charge is 2.26. The van der Waals surface area contributed by atoms with E-state index in [0.717, 1.165) is 13.0 Å². The fourth-order valence-electron chi connectivity index (χ4n) is 3.29. The number of allylic oxidation sites excluding steroid dienone is 5. The molecule has 1 atom stereocenters. The first-order valence-electron chi connectivity index (χ1n) is 8.61. The molecule has 0 aromatic rings. The van der Waals surface area contributed by atoms with Crippen LogP contribution in [0.1, 0.15) is 73.1 Å². The highest BCUT2D eigenvalue weighted by atomic mass is 14.5. The van der Waals surface area contributed by atoms with E-state index in [0.29, 0.717) is 11.3 Å². The van der Waals surface area contributed by atoms with Crippen LogP contribution in [0.4, 0.5) is 0 Å². The van der Waals surface area contributed by atoms with Gasteiger partial charge in [0.2, 0.25) is 0 Å². The Balaban J connectivity index is 2.54. The number of rotatable bonds is 7. The van der Waals surface area contributed by atoms with E-state index in [4.69, 9.17) is 5.73 Å². The van der Waals surface area contributed by atoms with Crippen molar-refractivity contribution >= 4 is 0 Å². The van der Waals surface area contributed by atoms with Gasteiger partial charge in [-0.3, -0.25) is 0 Å². The van der Waals surface area contributed by atoms with Gasteiger partial charge in [-0.2, -0.15) is 0 Å². The van der Waals surface area contributed by atoms with Crippen LogP contribution < -0.4 is 5.73 Å². The van der Waals surface area contributed by atoms with Crippen molar-refractivity contribution in [2.24, 2.45) is 17.1 Å². The molecule has 1 rings (SSSR count). The van der Waals surface area contributed by atoms with Gasteiger partial charge in [0.05, 0.1) is 0 Å². The van der Waals surface area contributed by atoms with Crippen LogP contribution in [0.15, 0.2) is 34.9 Å². The van der Waals surface area contributed by atoms with E-state index >= 15 is 0 Å². The second-order valence-corrected chi connectivity index (χ2v) is 7.43. The standard InChI is InChI=1S/C20H35N/c1-16(8-6-9-17(2)13-15-21)11-12-19-18(3)10-7-14-20(19,4)5/h9,11-12,16H,6-8,10,13-15,21H2,1-5H3/b12-11+,17-9+. The van der Waals surface area contributed by atoms with Crippen molar-refractivity contribution in [3.8, 4) is 0 Å². The molecule has 21 heavy (non-hydrogen) atoms. The van der Waals surface area contributed by atoms with E-state index in [1.807, 2.05) is 0 Å². The third-order valence-electron chi connectivity index (χ3n) is 4.79. The molecular formula is C20H35N. The first kappa shape index (κ1) is 18.2. The van der Waals surface area contributed by atoms with Gasteiger partial charge >= 0.3 is 0 Å². The minimum atomic E-state index is 0.357. The molecule has 1 unspecified atom stereocenters. The Bertz CT molecular complexity index is 410. The molecule has 0 amide bonds. The summed E-state index contributed by atoms with van der Waals surface area (Å²) in [6.45, 7) is 12.4. The SMILES string of the molecule is CC1=C(/C=C/C(C)CC/C=C(\C)CCN)C(C)(C)CCC1. The van der Waals surface area contributed by atoms with Gasteiger partial charge in [0.1, 0.15) is 0 Å². The summed E-state index contributed by atoms with van der Waals surface area (Å²) in [6.07, 6.45) is 14.5. The second kappa shape index (κ2) is 8.58. The number of hydrogen-bond donors (Lipinski definition) is 1. The van der Waals surface area contributed by atoms with Crippen LogP contribution in [0.25, 0.3) is 0 Å². The largest absolute Gasteiger partial charge is 0.330 e. The molecule has 0 spiro atoms. The van der Waals surface area contributed by atoms with Crippen molar-refractivity contribution in [3.05, 3.63) is 34.9 Å². The first-order chi connectivity index (χ1) is 9.86. The summed E-state index contributed by atoms with van der Waals surface area (Å²) in [5.41, 5.74) is 10.5. The van der Waals surface area contributed by atoms with Crippen molar-refractivity contribution in [2.75, 3.05) is 6.54 Å². The maximum Gasteiger partial charge on any atom is -0.00401 e. The summed E-state index contributed by atoms with van der Waals surface area (Å²) in [6, 6.07) is 0. The lowest BCUT2D eigenvalue weighted by atomic mass is 9.72. The molecule has 0 aliphatic heterocycles. The third kappa shape index (κ3) is 6.22. The van der Waals surface area contributed by atoms with E-state index in [1.165, 1.54) is 37.7 Å². The fourth-order valence-corrected chi connectivity index (χ4v) is 3.29. The van der Waals surface area contributed by atoms with Gasteiger partial charge < -0.3 is 5.73 Å². The van der Waals surface area contributed by atoms with Crippen molar-refractivity contribution in [3.63, 3.8) is 0 Å². The molecule has 1 aliphatic carbocycles. The zero-order valence-electron chi connectivity index (χ0n) is 14.8.